The molecule has 0 radical (unpaired) electrons. The van der Waals surface area contributed by atoms with Crippen LogP contribution in [-0.4, -0.2) is 50.8 Å². The van der Waals surface area contributed by atoms with Gasteiger partial charge in [0.2, 0.25) is 0 Å². The fraction of sp³-hybridized carbons (Fsp3) is 1.00. The first-order valence-electron chi connectivity index (χ1n) is 7.76. The molecule has 3 nitrogen and oxygen atoms in total. The monoisotopic (exact) mass is 254 g/mol. The van der Waals surface area contributed by atoms with Crippen LogP contribution in [0, 0.1) is 5.92 Å². The molecular formula is C15H30N2O. The number of likely N-dealkylation sites (N-methyl/N-ethyl adjacent to an activating group) is 1. The number of hydrogen-bond acceptors (Lipinski definition) is 3. The maximum absolute atomic E-state index is 5.52. The van der Waals surface area contributed by atoms with Crippen molar-refractivity contribution in [2.24, 2.45) is 5.92 Å². The summed E-state index contributed by atoms with van der Waals surface area (Å²) >= 11 is 0. The van der Waals surface area contributed by atoms with Crippen LogP contribution in [0.3, 0.4) is 0 Å². The lowest BCUT2D eigenvalue weighted by molar-refractivity contribution is 0.0247. The minimum Gasteiger partial charge on any atom is -0.380 e. The molecule has 106 valence electrons. The van der Waals surface area contributed by atoms with Gasteiger partial charge in [0.05, 0.1) is 6.10 Å². The summed E-state index contributed by atoms with van der Waals surface area (Å²) in [6, 6.07) is 0.681. The SMILES string of the molecule is CNC(CN1CCCC(OC)C1)C1CCCCC1. The highest BCUT2D eigenvalue weighted by atomic mass is 16.5. The summed E-state index contributed by atoms with van der Waals surface area (Å²) in [7, 11) is 3.99. The Balaban J connectivity index is 1.81. The van der Waals surface area contributed by atoms with Crippen LogP contribution >= 0.6 is 0 Å². The third kappa shape index (κ3) is 3.94. The summed E-state index contributed by atoms with van der Waals surface area (Å²) in [5.74, 6) is 0.895. The molecule has 1 aliphatic carbocycles. The molecule has 0 aromatic carbocycles. The van der Waals surface area contributed by atoms with Crippen molar-refractivity contribution in [2.45, 2.75) is 57.1 Å². The van der Waals surface area contributed by atoms with E-state index in [0.717, 1.165) is 12.5 Å². The minimum absolute atomic E-state index is 0.461. The smallest absolute Gasteiger partial charge is 0.0698 e. The summed E-state index contributed by atoms with van der Waals surface area (Å²) in [6.07, 6.45) is 10.2. The standard InChI is InChI=1S/C15H30N2O/c1-16-15(13-7-4-3-5-8-13)12-17-10-6-9-14(11-17)18-2/h13-16H,3-12H2,1-2H3. The molecule has 0 aromatic rings. The van der Waals surface area contributed by atoms with E-state index in [9.17, 15) is 0 Å². The van der Waals surface area contributed by atoms with Crippen molar-refractivity contribution in [3.63, 3.8) is 0 Å². The van der Waals surface area contributed by atoms with Crippen LogP contribution in [0.25, 0.3) is 0 Å². The molecule has 18 heavy (non-hydrogen) atoms. The van der Waals surface area contributed by atoms with Gasteiger partial charge in [0, 0.05) is 26.2 Å². The Hall–Kier alpha value is -0.120. The number of likely N-dealkylation sites (tertiary alicyclic amines) is 1. The van der Waals surface area contributed by atoms with Crippen molar-refractivity contribution < 1.29 is 4.74 Å². The van der Waals surface area contributed by atoms with Crippen LogP contribution in [-0.2, 0) is 4.74 Å². The number of hydrogen-bond donors (Lipinski definition) is 1. The van der Waals surface area contributed by atoms with Crippen molar-refractivity contribution in [1.29, 1.82) is 0 Å². The van der Waals surface area contributed by atoms with Gasteiger partial charge in [0.15, 0.2) is 0 Å². The van der Waals surface area contributed by atoms with Crippen LogP contribution in [0.5, 0.6) is 0 Å². The Morgan fingerprint density at radius 3 is 2.61 bits per heavy atom. The molecule has 2 atom stereocenters. The molecule has 2 unspecified atom stereocenters. The number of ether oxygens (including phenoxy) is 1. The van der Waals surface area contributed by atoms with Gasteiger partial charge >= 0.3 is 0 Å². The lowest BCUT2D eigenvalue weighted by Crippen LogP contribution is -2.49. The van der Waals surface area contributed by atoms with Gasteiger partial charge in [-0.2, -0.15) is 0 Å². The van der Waals surface area contributed by atoms with Gasteiger partial charge in [0.1, 0.15) is 0 Å². The van der Waals surface area contributed by atoms with Gasteiger partial charge in [-0.1, -0.05) is 19.3 Å². The van der Waals surface area contributed by atoms with E-state index in [0.29, 0.717) is 12.1 Å². The highest BCUT2D eigenvalue weighted by Crippen LogP contribution is 2.27. The van der Waals surface area contributed by atoms with E-state index in [-0.39, 0.29) is 0 Å². The average molecular weight is 254 g/mol. The molecule has 2 fully saturated rings. The molecule has 0 bridgehead atoms. The van der Waals surface area contributed by atoms with Crippen LogP contribution in [0.15, 0.2) is 0 Å². The van der Waals surface area contributed by atoms with E-state index in [1.807, 2.05) is 7.11 Å². The van der Waals surface area contributed by atoms with Crippen LogP contribution in [0.4, 0.5) is 0 Å². The Bertz CT molecular complexity index is 229. The highest BCUT2D eigenvalue weighted by molar-refractivity contribution is 4.83. The van der Waals surface area contributed by atoms with Gasteiger partial charge in [-0.15, -0.1) is 0 Å². The fourth-order valence-electron chi connectivity index (χ4n) is 3.66. The maximum atomic E-state index is 5.52. The van der Waals surface area contributed by atoms with Crippen LogP contribution in [0.2, 0.25) is 0 Å². The predicted octanol–water partition coefficient (Wildman–Crippen LogP) is 2.27. The Morgan fingerprint density at radius 2 is 1.94 bits per heavy atom. The van der Waals surface area contributed by atoms with E-state index in [1.165, 1.54) is 58.0 Å². The molecule has 2 rings (SSSR count). The number of nitrogens with one attached hydrogen (secondary N) is 1. The topological polar surface area (TPSA) is 24.5 Å². The lowest BCUT2D eigenvalue weighted by atomic mass is 9.83. The second kappa shape index (κ2) is 7.46. The second-order valence-electron chi connectivity index (χ2n) is 6.05. The van der Waals surface area contributed by atoms with E-state index in [2.05, 4.69) is 17.3 Å². The van der Waals surface area contributed by atoms with Gasteiger partial charge in [-0.25, -0.2) is 0 Å². The third-order valence-electron chi connectivity index (χ3n) is 4.84. The van der Waals surface area contributed by atoms with Gasteiger partial charge < -0.3 is 10.1 Å². The minimum atomic E-state index is 0.461. The Morgan fingerprint density at radius 1 is 1.17 bits per heavy atom. The summed E-state index contributed by atoms with van der Waals surface area (Å²) < 4.78 is 5.52. The molecule has 1 aliphatic heterocycles. The molecule has 2 aliphatic rings. The van der Waals surface area contributed by atoms with Crippen molar-refractivity contribution in [2.75, 3.05) is 33.8 Å². The van der Waals surface area contributed by atoms with E-state index in [1.54, 1.807) is 0 Å². The number of nitrogens with zero attached hydrogens (tertiary/aromatic N) is 1. The molecule has 1 saturated carbocycles. The van der Waals surface area contributed by atoms with Crippen LogP contribution < -0.4 is 5.32 Å². The zero-order valence-corrected chi connectivity index (χ0v) is 12.2. The van der Waals surface area contributed by atoms with Crippen molar-refractivity contribution >= 4 is 0 Å². The molecule has 3 heteroatoms. The Labute approximate surface area is 112 Å². The lowest BCUT2D eigenvalue weighted by Gasteiger charge is -2.37. The largest absolute Gasteiger partial charge is 0.380 e. The average Bonchev–Trinajstić information content (AvgIpc) is 2.46. The van der Waals surface area contributed by atoms with Crippen molar-refractivity contribution in [3.8, 4) is 0 Å². The predicted molar refractivity (Wildman–Crippen MR) is 75.9 cm³/mol. The first kappa shape index (κ1) is 14.3. The molecule has 0 aromatic heterocycles. The summed E-state index contributed by atoms with van der Waals surface area (Å²) in [5, 5.41) is 3.57. The Kier molecular flexibility index (Phi) is 5.93. The normalized spacial score (nSPS) is 29.3. The second-order valence-corrected chi connectivity index (χ2v) is 6.05. The van der Waals surface area contributed by atoms with E-state index in [4.69, 9.17) is 4.74 Å². The first-order chi connectivity index (χ1) is 8.83. The molecule has 0 spiro atoms. The molecule has 1 N–H and O–H groups in total. The first-order valence-corrected chi connectivity index (χ1v) is 7.76. The number of piperidine rings is 1. The zero-order chi connectivity index (χ0) is 12.8. The summed E-state index contributed by atoms with van der Waals surface area (Å²) in [5.41, 5.74) is 0. The van der Waals surface area contributed by atoms with Crippen molar-refractivity contribution in [3.05, 3.63) is 0 Å². The fourth-order valence-corrected chi connectivity index (χ4v) is 3.66. The number of methoxy groups -OCH3 is 1. The van der Waals surface area contributed by atoms with E-state index >= 15 is 0 Å². The summed E-state index contributed by atoms with van der Waals surface area (Å²) in [4.78, 5) is 2.60. The quantitative estimate of drug-likeness (QED) is 0.814. The van der Waals surface area contributed by atoms with Gasteiger partial charge in [-0.3, -0.25) is 4.90 Å². The van der Waals surface area contributed by atoms with Crippen molar-refractivity contribution in [1.82, 2.24) is 10.2 Å². The van der Waals surface area contributed by atoms with Gasteiger partial charge in [0.25, 0.3) is 0 Å². The van der Waals surface area contributed by atoms with E-state index < -0.39 is 0 Å². The molecule has 1 saturated heterocycles. The third-order valence-corrected chi connectivity index (χ3v) is 4.84. The molecule has 1 heterocycles. The highest BCUT2D eigenvalue weighted by Gasteiger charge is 2.26. The molecular weight excluding hydrogens is 224 g/mol. The number of rotatable bonds is 5. The zero-order valence-electron chi connectivity index (χ0n) is 12.2. The van der Waals surface area contributed by atoms with Gasteiger partial charge in [-0.05, 0) is 45.2 Å². The maximum Gasteiger partial charge on any atom is 0.0698 e. The molecule has 0 amide bonds. The van der Waals surface area contributed by atoms with Crippen LogP contribution in [0.1, 0.15) is 44.9 Å². The summed E-state index contributed by atoms with van der Waals surface area (Å²) in [6.45, 7) is 3.59.